The van der Waals surface area contributed by atoms with Crippen LogP contribution in [0.4, 0.5) is 0 Å². The lowest BCUT2D eigenvalue weighted by Gasteiger charge is -2.17. The molecule has 3 N–H and O–H groups in total. The lowest BCUT2D eigenvalue weighted by atomic mass is 9.95. The van der Waals surface area contributed by atoms with Crippen molar-refractivity contribution in [3.8, 4) is 6.07 Å². The molecule has 0 unspecified atom stereocenters. The van der Waals surface area contributed by atoms with Gasteiger partial charge in [-0.2, -0.15) is 5.26 Å². The van der Waals surface area contributed by atoms with E-state index >= 15 is 0 Å². The lowest BCUT2D eigenvalue weighted by Crippen LogP contribution is -2.34. The van der Waals surface area contributed by atoms with Crippen LogP contribution >= 0.6 is 0 Å². The van der Waals surface area contributed by atoms with Crippen molar-refractivity contribution in [1.29, 1.82) is 5.26 Å². The number of nitrogens with one attached hydrogen (secondary N) is 1. The van der Waals surface area contributed by atoms with Gasteiger partial charge in [0.15, 0.2) is 0 Å². The molecule has 0 saturated carbocycles. The van der Waals surface area contributed by atoms with Crippen molar-refractivity contribution in [2.75, 3.05) is 0 Å². The molecule has 0 amide bonds. The highest BCUT2D eigenvalue weighted by atomic mass is 14.7. The number of nitrogens with two attached hydrogens (primary N) is 1. The number of hydrogen-bond acceptors (Lipinski definition) is 2. The van der Waals surface area contributed by atoms with Gasteiger partial charge in [0.25, 0.3) is 0 Å². The topological polar surface area (TPSA) is 65.6 Å². The molecule has 0 saturated heterocycles. The van der Waals surface area contributed by atoms with Crippen LogP contribution in [-0.2, 0) is 6.42 Å². The van der Waals surface area contributed by atoms with Crippen molar-refractivity contribution in [2.45, 2.75) is 25.8 Å². The molecule has 3 nitrogen and oxygen atoms in total. The number of fused-ring (bicyclic) bond motifs is 1. The number of nitriles is 1. The van der Waals surface area contributed by atoms with Gasteiger partial charge in [-0.05, 0) is 44.0 Å². The predicted molar refractivity (Wildman–Crippen MR) is 65.0 cm³/mol. The van der Waals surface area contributed by atoms with Gasteiger partial charge in [-0.15, -0.1) is 0 Å². The Bertz CT molecular complexity index is 553. The maximum Gasteiger partial charge on any atom is 0.0991 e. The third kappa shape index (κ3) is 2.07. The first-order valence-corrected chi connectivity index (χ1v) is 5.28. The summed E-state index contributed by atoms with van der Waals surface area (Å²) in [7, 11) is 0. The molecule has 2 rings (SSSR count). The van der Waals surface area contributed by atoms with E-state index in [1.54, 1.807) is 0 Å². The van der Waals surface area contributed by atoms with Crippen molar-refractivity contribution in [2.24, 2.45) is 5.73 Å². The van der Waals surface area contributed by atoms with Crippen molar-refractivity contribution < 1.29 is 0 Å². The molecule has 0 spiro atoms. The minimum absolute atomic E-state index is 0.238. The maximum atomic E-state index is 8.87. The fourth-order valence-electron chi connectivity index (χ4n) is 1.89. The smallest absolute Gasteiger partial charge is 0.0991 e. The summed E-state index contributed by atoms with van der Waals surface area (Å²) in [5, 5.41) is 9.97. The molecule has 0 atom stereocenters. The SMILES string of the molecule is CC(C)(N)Cc1c[nH]c2ccc(C#N)cc12. The van der Waals surface area contributed by atoms with Gasteiger partial charge in [-0.1, -0.05) is 0 Å². The first-order valence-electron chi connectivity index (χ1n) is 5.28. The summed E-state index contributed by atoms with van der Waals surface area (Å²) < 4.78 is 0. The van der Waals surface area contributed by atoms with E-state index in [9.17, 15) is 0 Å². The zero-order chi connectivity index (χ0) is 11.8. The molecule has 1 aromatic heterocycles. The first kappa shape index (κ1) is 10.7. The van der Waals surface area contributed by atoms with Gasteiger partial charge in [-0.25, -0.2) is 0 Å². The molecule has 3 heteroatoms. The summed E-state index contributed by atoms with van der Waals surface area (Å²) in [5.41, 5.74) is 8.67. The molecule has 0 aliphatic heterocycles. The minimum Gasteiger partial charge on any atom is -0.361 e. The fourth-order valence-corrected chi connectivity index (χ4v) is 1.89. The monoisotopic (exact) mass is 213 g/mol. The summed E-state index contributed by atoms with van der Waals surface area (Å²) in [5.74, 6) is 0. The van der Waals surface area contributed by atoms with Crippen LogP contribution < -0.4 is 5.73 Å². The highest BCUT2D eigenvalue weighted by Crippen LogP contribution is 2.22. The van der Waals surface area contributed by atoms with Crippen molar-refractivity contribution >= 4 is 10.9 Å². The van der Waals surface area contributed by atoms with Crippen LogP contribution in [0, 0.1) is 11.3 Å². The molecule has 1 heterocycles. The zero-order valence-electron chi connectivity index (χ0n) is 9.54. The average Bonchev–Trinajstić information content (AvgIpc) is 2.58. The van der Waals surface area contributed by atoms with Gasteiger partial charge in [0, 0.05) is 22.6 Å². The van der Waals surface area contributed by atoms with Crippen LogP contribution in [0.3, 0.4) is 0 Å². The number of hydrogen-bond donors (Lipinski definition) is 2. The molecule has 0 fully saturated rings. The van der Waals surface area contributed by atoms with E-state index in [0.717, 1.165) is 17.3 Å². The van der Waals surface area contributed by atoms with E-state index in [4.69, 9.17) is 11.0 Å². The second-order valence-corrected chi connectivity index (χ2v) is 4.85. The number of rotatable bonds is 2. The van der Waals surface area contributed by atoms with Gasteiger partial charge in [0.2, 0.25) is 0 Å². The number of benzene rings is 1. The maximum absolute atomic E-state index is 8.87. The molecule has 1 aromatic carbocycles. The molecule has 0 bridgehead atoms. The first-order chi connectivity index (χ1) is 7.49. The summed E-state index contributed by atoms with van der Waals surface area (Å²) >= 11 is 0. The van der Waals surface area contributed by atoms with Gasteiger partial charge in [0.05, 0.1) is 11.6 Å². The number of aromatic nitrogens is 1. The molecule has 16 heavy (non-hydrogen) atoms. The Hall–Kier alpha value is -1.79. The molecular weight excluding hydrogens is 198 g/mol. The number of nitrogens with zero attached hydrogens (tertiary/aromatic N) is 1. The zero-order valence-corrected chi connectivity index (χ0v) is 9.54. The molecular formula is C13H15N3. The fraction of sp³-hybridized carbons (Fsp3) is 0.308. The van der Waals surface area contributed by atoms with E-state index < -0.39 is 0 Å². The Morgan fingerprint density at radius 1 is 1.44 bits per heavy atom. The van der Waals surface area contributed by atoms with Crippen LogP contribution in [-0.4, -0.2) is 10.5 Å². The van der Waals surface area contributed by atoms with Crippen LogP contribution in [0.5, 0.6) is 0 Å². The number of aromatic amines is 1. The number of H-pyrrole nitrogens is 1. The Balaban J connectivity index is 2.51. The quantitative estimate of drug-likeness (QED) is 0.804. The normalized spacial score (nSPS) is 11.6. The van der Waals surface area contributed by atoms with Gasteiger partial charge < -0.3 is 10.7 Å². The van der Waals surface area contributed by atoms with Crippen LogP contribution in [0.1, 0.15) is 25.0 Å². The third-order valence-electron chi connectivity index (χ3n) is 2.54. The van der Waals surface area contributed by atoms with Crippen molar-refractivity contribution in [1.82, 2.24) is 4.98 Å². The highest BCUT2D eigenvalue weighted by molar-refractivity contribution is 5.84. The predicted octanol–water partition coefficient (Wildman–Crippen LogP) is 2.32. The van der Waals surface area contributed by atoms with Gasteiger partial charge >= 0.3 is 0 Å². The third-order valence-corrected chi connectivity index (χ3v) is 2.54. The molecule has 0 radical (unpaired) electrons. The molecule has 2 aromatic rings. The minimum atomic E-state index is -0.238. The van der Waals surface area contributed by atoms with E-state index in [1.807, 2.05) is 38.2 Å². The van der Waals surface area contributed by atoms with Crippen LogP contribution in [0.2, 0.25) is 0 Å². The average molecular weight is 213 g/mol. The van der Waals surface area contributed by atoms with Crippen molar-refractivity contribution in [3.05, 3.63) is 35.5 Å². The molecule has 0 aliphatic rings. The Morgan fingerprint density at radius 2 is 2.19 bits per heavy atom. The Morgan fingerprint density at radius 3 is 2.81 bits per heavy atom. The van der Waals surface area contributed by atoms with E-state index in [1.165, 1.54) is 5.56 Å². The Kier molecular flexibility index (Phi) is 2.45. The summed E-state index contributed by atoms with van der Waals surface area (Å²) in [4.78, 5) is 3.20. The summed E-state index contributed by atoms with van der Waals surface area (Å²) in [6.07, 6.45) is 2.77. The molecule has 0 aliphatic carbocycles. The van der Waals surface area contributed by atoms with Crippen molar-refractivity contribution in [3.63, 3.8) is 0 Å². The lowest BCUT2D eigenvalue weighted by molar-refractivity contribution is 0.518. The van der Waals surface area contributed by atoms with E-state index in [2.05, 4.69) is 11.1 Å². The van der Waals surface area contributed by atoms with Crippen LogP contribution in [0.25, 0.3) is 10.9 Å². The molecule has 82 valence electrons. The van der Waals surface area contributed by atoms with Gasteiger partial charge in [-0.3, -0.25) is 0 Å². The van der Waals surface area contributed by atoms with Gasteiger partial charge in [0.1, 0.15) is 0 Å². The largest absolute Gasteiger partial charge is 0.361 e. The van der Waals surface area contributed by atoms with E-state index in [-0.39, 0.29) is 5.54 Å². The van der Waals surface area contributed by atoms with E-state index in [0.29, 0.717) is 5.56 Å². The Labute approximate surface area is 94.9 Å². The summed E-state index contributed by atoms with van der Waals surface area (Å²) in [6.45, 7) is 4.00. The van der Waals surface area contributed by atoms with Crippen LogP contribution in [0.15, 0.2) is 24.4 Å². The standard InChI is InChI=1S/C13H15N3/c1-13(2,15)6-10-8-16-12-4-3-9(7-14)5-11(10)12/h3-5,8,16H,6,15H2,1-2H3. The summed E-state index contributed by atoms with van der Waals surface area (Å²) in [6, 6.07) is 7.81. The second kappa shape index (κ2) is 3.66. The highest BCUT2D eigenvalue weighted by Gasteiger charge is 2.14. The second-order valence-electron chi connectivity index (χ2n) is 4.85.